The number of alkyl halides is 3. The summed E-state index contributed by atoms with van der Waals surface area (Å²) in [7, 11) is 0. The highest BCUT2D eigenvalue weighted by Gasteiger charge is 2.57. The van der Waals surface area contributed by atoms with Crippen LogP contribution < -0.4 is 15.8 Å². The number of pyridine rings is 2. The van der Waals surface area contributed by atoms with Crippen LogP contribution in [0.15, 0.2) is 48.7 Å². The van der Waals surface area contributed by atoms with Gasteiger partial charge in [0.15, 0.2) is 0 Å². The summed E-state index contributed by atoms with van der Waals surface area (Å²) in [4.78, 5) is 33.1. The molecule has 14 heteroatoms. The zero-order valence-electron chi connectivity index (χ0n) is 20.1. The molecule has 202 valence electrons. The van der Waals surface area contributed by atoms with Gasteiger partial charge in [-0.05, 0) is 49.4 Å². The lowest BCUT2D eigenvalue weighted by Gasteiger charge is -2.31. The predicted octanol–water partition coefficient (Wildman–Crippen LogP) is 2.47. The van der Waals surface area contributed by atoms with Gasteiger partial charge in [0.05, 0.1) is 24.0 Å². The summed E-state index contributed by atoms with van der Waals surface area (Å²) in [5, 5.41) is 19.5. The number of H-pyrrole nitrogens is 1. The van der Waals surface area contributed by atoms with Crippen molar-refractivity contribution in [2.24, 2.45) is 5.73 Å². The molecule has 0 spiro atoms. The van der Waals surface area contributed by atoms with Crippen LogP contribution in [0.1, 0.15) is 28.7 Å². The number of benzene rings is 1. The first-order chi connectivity index (χ1) is 18.3. The van der Waals surface area contributed by atoms with Crippen molar-refractivity contribution in [3.63, 3.8) is 0 Å². The molecule has 0 saturated carbocycles. The van der Waals surface area contributed by atoms with Crippen LogP contribution in [0, 0.1) is 5.82 Å². The number of aliphatic hydroxyl groups is 1. The monoisotopic (exact) mass is 544 g/mol. The van der Waals surface area contributed by atoms with Crippen molar-refractivity contribution in [3.05, 3.63) is 71.4 Å². The van der Waals surface area contributed by atoms with E-state index in [4.69, 9.17) is 10.5 Å². The summed E-state index contributed by atoms with van der Waals surface area (Å²) < 4.78 is 62.6. The number of primary amides is 1. The number of rotatable bonds is 6. The maximum absolute atomic E-state index is 14.5. The molecule has 4 aromatic rings. The molecule has 4 heterocycles. The third kappa shape index (κ3) is 4.31. The molecule has 39 heavy (non-hydrogen) atoms. The minimum absolute atomic E-state index is 0.0298. The molecule has 1 aliphatic heterocycles. The molecule has 0 unspecified atom stereocenters. The first-order valence-electron chi connectivity index (χ1n) is 11.5. The molecule has 2 amide bonds. The molecule has 3 aromatic heterocycles. The fraction of sp³-hybridized carbons (Fsp3) is 0.240. The van der Waals surface area contributed by atoms with Gasteiger partial charge >= 0.3 is 6.18 Å². The molecule has 0 radical (unpaired) electrons. The molecule has 2 atom stereocenters. The Labute approximate surface area is 217 Å². The van der Waals surface area contributed by atoms with Gasteiger partial charge in [0.2, 0.25) is 11.5 Å². The van der Waals surface area contributed by atoms with Crippen molar-refractivity contribution in [2.45, 2.75) is 24.1 Å². The van der Waals surface area contributed by atoms with E-state index in [0.717, 1.165) is 18.2 Å². The van der Waals surface area contributed by atoms with Crippen molar-refractivity contribution < 1.29 is 37.0 Å². The number of hydrogen-bond donors (Lipinski definition) is 4. The number of amides is 2. The number of aromatic nitrogens is 4. The highest BCUT2D eigenvalue weighted by molar-refractivity contribution is 5.94. The van der Waals surface area contributed by atoms with Gasteiger partial charge in [-0.2, -0.15) is 18.3 Å². The maximum atomic E-state index is 14.5. The second kappa shape index (κ2) is 9.01. The minimum atomic E-state index is -5.34. The lowest BCUT2D eigenvalue weighted by Crippen LogP contribution is -2.52. The van der Waals surface area contributed by atoms with E-state index in [-0.39, 0.29) is 34.9 Å². The van der Waals surface area contributed by atoms with Gasteiger partial charge in [-0.15, -0.1) is 0 Å². The van der Waals surface area contributed by atoms with Crippen LogP contribution in [-0.4, -0.2) is 56.4 Å². The zero-order chi connectivity index (χ0) is 28.2. The number of ether oxygens (including phenoxy) is 1. The summed E-state index contributed by atoms with van der Waals surface area (Å²) >= 11 is 0. The van der Waals surface area contributed by atoms with Crippen molar-refractivity contribution >= 4 is 22.8 Å². The number of nitrogens with one attached hydrogen (secondary N) is 2. The Morgan fingerprint density at radius 2 is 1.90 bits per heavy atom. The molecular formula is C25H20F4N6O4. The fourth-order valence-corrected chi connectivity index (χ4v) is 4.19. The Morgan fingerprint density at radius 3 is 2.56 bits per heavy atom. The summed E-state index contributed by atoms with van der Waals surface area (Å²) in [6, 6.07) is 8.29. The number of carbonyl (C=O) groups excluding carboxylic acids is 2. The molecule has 5 N–H and O–H groups in total. The summed E-state index contributed by atoms with van der Waals surface area (Å²) in [6.45, 7) is -0.255. The van der Waals surface area contributed by atoms with Crippen LogP contribution in [0.2, 0.25) is 0 Å². The van der Waals surface area contributed by atoms with E-state index in [9.17, 15) is 32.3 Å². The van der Waals surface area contributed by atoms with E-state index < -0.39 is 47.1 Å². The van der Waals surface area contributed by atoms with Gasteiger partial charge in [0, 0.05) is 11.1 Å². The van der Waals surface area contributed by atoms with E-state index in [1.165, 1.54) is 37.4 Å². The van der Waals surface area contributed by atoms with Crippen LogP contribution >= 0.6 is 0 Å². The van der Waals surface area contributed by atoms with Gasteiger partial charge in [0.25, 0.3) is 5.91 Å². The Hall–Kier alpha value is -4.59. The van der Waals surface area contributed by atoms with Crippen LogP contribution in [0.3, 0.4) is 0 Å². The number of halogens is 4. The number of aromatic amines is 1. The third-order valence-electron chi connectivity index (χ3n) is 6.66. The molecule has 0 fully saturated rings. The van der Waals surface area contributed by atoms with Gasteiger partial charge < -0.3 is 20.9 Å². The smallest absolute Gasteiger partial charge is 0.424 e. The first kappa shape index (κ1) is 26.0. The van der Waals surface area contributed by atoms with Crippen molar-refractivity contribution in [1.82, 2.24) is 25.5 Å². The summed E-state index contributed by atoms with van der Waals surface area (Å²) in [5.41, 5.74) is -0.0912. The fourth-order valence-electron chi connectivity index (χ4n) is 4.19. The van der Waals surface area contributed by atoms with Crippen LogP contribution in [0.25, 0.3) is 22.3 Å². The lowest BCUT2D eigenvalue weighted by molar-refractivity contribution is -0.265. The second-order valence-electron chi connectivity index (χ2n) is 9.26. The van der Waals surface area contributed by atoms with E-state index in [2.05, 4.69) is 25.5 Å². The van der Waals surface area contributed by atoms with E-state index >= 15 is 0 Å². The number of nitrogens with two attached hydrogens (primary N) is 1. The highest BCUT2D eigenvalue weighted by atomic mass is 19.4. The molecule has 10 nitrogen and oxygen atoms in total. The molecular weight excluding hydrogens is 524 g/mol. The topological polar surface area (TPSA) is 156 Å². The molecule has 1 aliphatic rings. The zero-order valence-corrected chi connectivity index (χ0v) is 20.1. The third-order valence-corrected chi connectivity index (χ3v) is 6.66. The average Bonchev–Trinajstić information content (AvgIpc) is 3.51. The van der Waals surface area contributed by atoms with Crippen LogP contribution in [0.5, 0.6) is 5.75 Å². The average molecular weight is 544 g/mol. The Balaban J connectivity index is 1.59. The molecule has 5 rings (SSSR count). The second-order valence-corrected chi connectivity index (χ2v) is 9.26. The number of hydrogen-bond acceptors (Lipinski definition) is 7. The van der Waals surface area contributed by atoms with Crippen LogP contribution in [-0.2, 0) is 15.8 Å². The summed E-state index contributed by atoms with van der Waals surface area (Å²) in [6.07, 6.45) is -4.01. The largest absolute Gasteiger partial charge is 0.489 e. The van der Waals surface area contributed by atoms with Gasteiger partial charge in [0.1, 0.15) is 40.5 Å². The Morgan fingerprint density at radius 1 is 1.18 bits per heavy atom. The number of fused-ring (bicyclic) bond motifs is 2. The lowest BCUT2D eigenvalue weighted by atomic mass is 9.81. The maximum Gasteiger partial charge on any atom is 0.424 e. The summed E-state index contributed by atoms with van der Waals surface area (Å²) in [5.74, 6) is -2.51. The van der Waals surface area contributed by atoms with Gasteiger partial charge in [-0.1, -0.05) is 0 Å². The highest BCUT2D eigenvalue weighted by Crippen LogP contribution is 2.47. The quantitative estimate of drug-likeness (QED) is 0.272. The molecule has 1 aromatic carbocycles. The van der Waals surface area contributed by atoms with Crippen LogP contribution in [0.4, 0.5) is 17.6 Å². The molecule has 0 bridgehead atoms. The van der Waals surface area contributed by atoms with E-state index in [1.807, 2.05) is 0 Å². The molecule has 0 aliphatic carbocycles. The minimum Gasteiger partial charge on any atom is -0.489 e. The number of carbonyl (C=O) groups is 2. The number of nitrogens with zero attached hydrogens (tertiary/aromatic N) is 3. The normalized spacial score (nSPS) is 18.3. The Kier molecular flexibility index (Phi) is 6.01. The first-order valence-corrected chi connectivity index (χ1v) is 11.5. The van der Waals surface area contributed by atoms with E-state index in [1.54, 1.807) is 0 Å². The van der Waals surface area contributed by atoms with Crippen molar-refractivity contribution in [2.75, 3.05) is 13.2 Å². The van der Waals surface area contributed by atoms with Crippen molar-refractivity contribution in [1.29, 1.82) is 0 Å². The standard InChI is InChI=1S/C25H20F4N6O4/c1-23(22(30)37)11-39-20-14(23)8-18(34-19(20)12-2-4-13(26)5-3-12)24(38,25(27,28)29)10-31-21(36)16-7-6-15-17(33-16)9-32-35-15/h2-9,38H,10-11H2,1H3,(H2,30,37)(H,31,36)(H,32,35)/t23-,24-/m0/s1. The predicted molar refractivity (Wildman–Crippen MR) is 128 cm³/mol. The van der Waals surface area contributed by atoms with Gasteiger partial charge in [-0.25, -0.2) is 14.4 Å². The van der Waals surface area contributed by atoms with E-state index in [0.29, 0.717) is 11.0 Å². The van der Waals surface area contributed by atoms with Gasteiger partial charge in [-0.3, -0.25) is 14.7 Å². The molecule has 0 saturated heterocycles. The SMILES string of the molecule is C[C@]1(C(N)=O)COc2c1cc([C@@](O)(CNC(=O)c1ccc3[nH]ncc3n1)C(F)(F)F)nc2-c1ccc(F)cc1. The van der Waals surface area contributed by atoms with Crippen molar-refractivity contribution in [3.8, 4) is 17.0 Å². The Bertz CT molecular complexity index is 1610.